The van der Waals surface area contributed by atoms with Gasteiger partial charge in [-0.3, -0.25) is 14.4 Å². The Morgan fingerprint density at radius 1 is 1.14 bits per heavy atom. The number of hydrogen-bond acceptors (Lipinski definition) is 8. The molecule has 0 saturated carbocycles. The van der Waals surface area contributed by atoms with Crippen LogP contribution in [0.3, 0.4) is 0 Å². The lowest BCUT2D eigenvalue weighted by molar-refractivity contribution is -0.143. The van der Waals surface area contributed by atoms with Gasteiger partial charge in [-0.25, -0.2) is 0 Å². The standard InChI is InChI=1S/C14H19NO2.C8H17NO2.C3H7NO3/c1-17-14(16)13(11-7-3-2-4-8-11)12-9-5-6-10-15-12;1-6(2)3-7(5-9)4-8(10)11;4-2(1-5)3(6)7/h2-4,7-8,12-13,15H,5-6,9-10H2,1H3;6-7H,3-5,9H2,1-2H3,(H,10,11);2,5H,1,4H2,(H,6,7)/t;7-;2-/m.01/s1. The first-order valence-corrected chi connectivity index (χ1v) is 11.9. The van der Waals surface area contributed by atoms with Crippen LogP contribution in [0, 0.1) is 11.8 Å². The third-order valence-corrected chi connectivity index (χ3v) is 5.48. The molecular weight excluding hydrogens is 454 g/mol. The third-order valence-electron chi connectivity index (χ3n) is 5.48. The predicted molar refractivity (Wildman–Crippen MR) is 134 cm³/mol. The molecule has 1 aromatic rings. The first-order chi connectivity index (χ1) is 16.6. The first kappa shape index (κ1) is 32.5. The zero-order valence-corrected chi connectivity index (χ0v) is 21.1. The van der Waals surface area contributed by atoms with Crippen molar-refractivity contribution in [2.24, 2.45) is 23.3 Å². The molecule has 2 unspecified atom stereocenters. The van der Waals surface area contributed by atoms with Crippen molar-refractivity contribution in [3.8, 4) is 0 Å². The quantitative estimate of drug-likeness (QED) is 0.259. The molecule has 0 amide bonds. The van der Waals surface area contributed by atoms with E-state index >= 15 is 0 Å². The normalized spacial score (nSPS) is 17.5. The number of carbonyl (C=O) groups is 3. The van der Waals surface area contributed by atoms with Gasteiger partial charge in [0.05, 0.1) is 19.6 Å². The average molecular weight is 498 g/mol. The van der Waals surface area contributed by atoms with Crippen LogP contribution in [0.25, 0.3) is 0 Å². The summed E-state index contributed by atoms with van der Waals surface area (Å²) in [6.45, 7) is 5.11. The topological polar surface area (TPSA) is 185 Å². The second-order valence-corrected chi connectivity index (χ2v) is 8.92. The minimum absolute atomic E-state index is 0.143. The van der Waals surface area contributed by atoms with E-state index in [9.17, 15) is 14.4 Å². The minimum Gasteiger partial charge on any atom is -0.481 e. The Balaban J connectivity index is 0.000000555. The van der Waals surface area contributed by atoms with E-state index in [1.165, 1.54) is 20.0 Å². The first-order valence-electron chi connectivity index (χ1n) is 11.9. The lowest BCUT2D eigenvalue weighted by atomic mass is 9.86. The number of esters is 1. The van der Waals surface area contributed by atoms with Crippen LogP contribution in [0.5, 0.6) is 0 Å². The van der Waals surface area contributed by atoms with Crippen molar-refractivity contribution in [1.82, 2.24) is 5.32 Å². The molecule has 1 fully saturated rings. The minimum atomic E-state index is -1.18. The number of methoxy groups -OCH3 is 1. The predicted octanol–water partition coefficient (Wildman–Crippen LogP) is 1.56. The molecular formula is C25H43N3O7. The number of rotatable bonds is 10. The van der Waals surface area contributed by atoms with Crippen LogP contribution < -0.4 is 16.8 Å². The number of benzene rings is 1. The molecule has 1 aliphatic heterocycles. The number of nitrogens with two attached hydrogens (primary N) is 2. The highest BCUT2D eigenvalue weighted by atomic mass is 16.5. The van der Waals surface area contributed by atoms with Gasteiger partial charge < -0.3 is 36.8 Å². The van der Waals surface area contributed by atoms with E-state index in [1.54, 1.807) is 0 Å². The van der Waals surface area contributed by atoms with Crippen molar-refractivity contribution < 1.29 is 34.4 Å². The maximum Gasteiger partial charge on any atom is 0.322 e. The molecule has 1 heterocycles. The summed E-state index contributed by atoms with van der Waals surface area (Å²) in [5.74, 6) is -1.57. The maximum absolute atomic E-state index is 11.9. The monoisotopic (exact) mass is 497 g/mol. The Morgan fingerprint density at radius 2 is 1.77 bits per heavy atom. The summed E-state index contributed by atoms with van der Waals surface area (Å²) in [6.07, 6.45) is 4.52. The van der Waals surface area contributed by atoms with Crippen LogP contribution in [0.2, 0.25) is 0 Å². The van der Waals surface area contributed by atoms with Gasteiger partial charge in [-0.15, -0.1) is 0 Å². The summed E-state index contributed by atoms with van der Waals surface area (Å²) in [6, 6.07) is 8.97. The van der Waals surface area contributed by atoms with Crippen molar-refractivity contribution in [3.05, 3.63) is 35.9 Å². The molecule has 4 atom stereocenters. The van der Waals surface area contributed by atoms with Crippen LogP contribution in [-0.4, -0.2) is 72.1 Å². The fourth-order valence-corrected chi connectivity index (χ4v) is 3.74. The molecule has 1 aromatic carbocycles. The summed E-state index contributed by atoms with van der Waals surface area (Å²) in [5.41, 5.74) is 11.2. The molecule has 10 heteroatoms. The van der Waals surface area contributed by atoms with Crippen molar-refractivity contribution in [1.29, 1.82) is 0 Å². The SMILES string of the molecule is CC(C)C[C@H](CN)CC(=O)O.COC(=O)C(c1ccccc1)C1CCCCN1.N[C@H](CO)C(=O)O. The van der Waals surface area contributed by atoms with Crippen LogP contribution in [0.15, 0.2) is 30.3 Å². The number of aliphatic hydroxyl groups is 1. The van der Waals surface area contributed by atoms with E-state index in [0.29, 0.717) is 12.5 Å². The Bertz CT molecular complexity index is 725. The van der Waals surface area contributed by atoms with Gasteiger partial charge in [0.25, 0.3) is 0 Å². The average Bonchev–Trinajstić information content (AvgIpc) is 2.84. The number of carboxylic acids is 2. The second kappa shape index (κ2) is 18.8. The number of ether oxygens (including phenoxy) is 1. The van der Waals surface area contributed by atoms with Crippen LogP contribution in [0.1, 0.15) is 57.4 Å². The lowest BCUT2D eigenvalue weighted by Gasteiger charge is -2.29. The van der Waals surface area contributed by atoms with Crippen molar-refractivity contribution in [3.63, 3.8) is 0 Å². The summed E-state index contributed by atoms with van der Waals surface area (Å²) in [4.78, 5) is 31.9. The molecule has 0 radical (unpaired) electrons. The molecule has 1 saturated heterocycles. The Hall–Kier alpha value is -2.53. The van der Waals surface area contributed by atoms with Gasteiger partial charge in [-0.1, -0.05) is 50.6 Å². The molecule has 8 N–H and O–H groups in total. The van der Waals surface area contributed by atoms with E-state index in [-0.39, 0.29) is 30.3 Å². The lowest BCUT2D eigenvalue weighted by Crippen LogP contribution is -2.42. The molecule has 0 bridgehead atoms. The highest BCUT2D eigenvalue weighted by Gasteiger charge is 2.31. The van der Waals surface area contributed by atoms with Crippen molar-refractivity contribution >= 4 is 17.9 Å². The fourth-order valence-electron chi connectivity index (χ4n) is 3.74. The number of aliphatic carboxylic acids is 2. The fraction of sp³-hybridized carbons (Fsp3) is 0.640. The van der Waals surface area contributed by atoms with E-state index in [1.807, 2.05) is 30.3 Å². The summed E-state index contributed by atoms with van der Waals surface area (Å²) >= 11 is 0. The number of piperidine rings is 1. The number of hydrogen-bond donors (Lipinski definition) is 6. The van der Waals surface area contributed by atoms with Crippen LogP contribution in [-0.2, 0) is 19.1 Å². The van der Waals surface area contributed by atoms with Crippen molar-refractivity contribution in [2.45, 2.75) is 64.0 Å². The molecule has 0 aromatic heterocycles. The van der Waals surface area contributed by atoms with E-state index in [2.05, 4.69) is 19.2 Å². The zero-order chi connectivity index (χ0) is 26.8. The molecule has 35 heavy (non-hydrogen) atoms. The molecule has 1 aliphatic rings. The molecule has 10 nitrogen and oxygen atoms in total. The summed E-state index contributed by atoms with van der Waals surface area (Å²) in [5, 5.41) is 27.8. The van der Waals surface area contributed by atoms with Gasteiger partial charge >= 0.3 is 17.9 Å². The van der Waals surface area contributed by atoms with Gasteiger partial charge in [-0.2, -0.15) is 0 Å². The van der Waals surface area contributed by atoms with E-state index in [4.69, 9.17) is 31.5 Å². The van der Waals surface area contributed by atoms with E-state index < -0.39 is 24.6 Å². The number of carboxylic acid groups (broad SMARTS) is 2. The second-order valence-electron chi connectivity index (χ2n) is 8.92. The van der Waals surface area contributed by atoms with Gasteiger partial charge in [0.1, 0.15) is 6.04 Å². The molecule has 0 aliphatic carbocycles. The largest absolute Gasteiger partial charge is 0.481 e. The molecule has 0 spiro atoms. The smallest absolute Gasteiger partial charge is 0.322 e. The maximum atomic E-state index is 11.9. The zero-order valence-electron chi connectivity index (χ0n) is 21.1. The van der Waals surface area contributed by atoms with Crippen molar-refractivity contribution in [2.75, 3.05) is 26.8 Å². The summed E-state index contributed by atoms with van der Waals surface area (Å²) in [7, 11) is 1.46. The number of nitrogens with one attached hydrogen (secondary N) is 1. The third kappa shape index (κ3) is 14.5. The molecule has 2 rings (SSSR count). The number of aliphatic hydroxyl groups excluding tert-OH is 1. The Kier molecular flexibility index (Phi) is 17.4. The van der Waals surface area contributed by atoms with Gasteiger partial charge in [0.2, 0.25) is 0 Å². The van der Waals surface area contributed by atoms with Crippen LogP contribution in [0.4, 0.5) is 0 Å². The van der Waals surface area contributed by atoms with Gasteiger partial charge in [0.15, 0.2) is 0 Å². The highest BCUT2D eigenvalue weighted by Crippen LogP contribution is 2.26. The summed E-state index contributed by atoms with van der Waals surface area (Å²) < 4.78 is 4.94. The Labute approximate surface area is 208 Å². The Morgan fingerprint density at radius 3 is 2.14 bits per heavy atom. The van der Waals surface area contributed by atoms with Gasteiger partial charge in [0, 0.05) is 12.5 Å². The number of carbonyl (C=O) groups excluding carboxylic acids is 1. The van der Waals surface area contributed by atoms with Crippen LogP contribution >= 0.6 is 0 Å². The van der Waals surface area contributed by atoms with E-state index in [0.717, 1.165) is 24.9 Å². The van der Waals surface area contributed by atoms with Gasteiger partial charge in [-0.05, 0) is 49.8 Å². The molecule has 200 valence electrons. The highest BCUT2D eigenvalue weighted by molar-refractivity contribution is 5.79.